The zero-order chi connectivity index (χ0) is 11.2. The van der Waals surface area contributed by atoms with E-state index in [-0.39, 0.29) is 6.61 Å². The lowest BCUT2D eigenvalue weighted by atomic mass is 9.98. The number of ether oxygens (including phenoxy) is 3. The highest BCUT2D eigenvalue weighted by molar-refractivity contribution is 4.92. The summed E-state index contributed by atoms with van der Waals surface area (Å²) in [7, 11) is 0. The van der Waals surface area contributed by atoms with Crippen LogP contribution in [0.4, 0.5) is 0 Å². The van der Waals surface area contributed by atoms with Crippen molar-refractivity contribution < 1.29 is 29.5 Å². The second-order valence-electron chi connectivity index (χ2n) is 4.32. The van der Waals surface area contributed by atoms with Crippen molar-refractivity contribution in [3.8, 4) is 0 Å². The molecule has 2 aliphatic rings. The fraction of sp³-hybridized carbons (Fsp3) is 1.00. The molecule has 6 nitrogen and oxygen atoms in total. The Morgan fingerprint density at radius 1 is 1.27 bits per heavy atom. The molecule has 88 valence electrons. The first-order valence-corrected chi connectivity index (χ1v) is 4.90. The highest BCUT2D eigenvalue weighted by Gasteiger charge is 2.47. The van der Waals surface area contributed by atoms with Crippen LogP contribution in [-0.4, -0.2) is 53.3 Å². The summed E-state index contributed by atoms with van der Waals surface area (Å²) in [6.07, 6.45) is -5.66. The molecule has 0 aliphatic carbocycles. The van der Waals surface area contributed by atoms with Crippen LogP contribution in [0.25, 0.3) is 0 Å². The van der Waals surface area contributed by atoms with Crippen molar-refractivity contribution in [3.63, 3.8) is 0 Å². The summed E-state index contributed by atoms with van der Waals surface area (Å²) in [5.41, 5.74) is 0. The molecule has 0 bridgehead atoms. The topological polar surface area (TPSA) is 91.2 Å². The highest BCUT2D eigenvalue weighted by Crippen LogP contribution is 2.30. The van der Waals surface area contributed by atoms with Crippen molar-refractivity contribution in [1.29, 1.82) is 0 Å². The minimum atomic E-state index is -1.64. The first-order chi connectivity index (χ1) is 6.91. The Kier molecular flexibility index (Phi) is 2.74. The molecule has 0 radical (unpaired) electrons. The van der Waals surface area contributed by atoms with E-state index in [0.717, 1.165) is 0 Å². The first kappa shape index (κ1) is 11.3. The fourth-order valence-electron chi connectivity index (χ4n) is 1.83. The average Bonchev–Trinajstić information content (AvgIpc) is 2.16. The van der Waals surface area contributed by atoms with Crippen LogP contribution in [0.15, 0.2) is 0 Å². The Bertz CT molecular complexity index is 241. The van der Waals surface area contributed by atoms with E-state index in [2.05, 4.69) is 0 Å². The first-order valence-electron chi connectivity index (χ1n) is 4.90. The van der Waals surface area contributed by atoms with Crippen molar-refractivity contribution in [2.45, 2.75) is 50.3 Å². The van der Waals surface area contributed by atoms with Crippen LogP contribution in [-0.2, 0) is 14.2 Å². The van der Waals surface area contributed by atoms with Gasteiger partial charge in [0.1, 0.15) is 18.3 Å². The maximum atomic E-state index is 11.2. The lowest BCUT2D eigenvalue weighted by Gasteiger charge is -2.50. The van der Waals surface area contributed by atoms with Gasteiger partial charge in [0.15, 0.2) is 5.79 Å². The van der Waals surface area contributed by atoms with E-state index in [1.54, 1.807) is 13.8 Å². The summed E-state index contributed by atoms with van der Waals surface area (Å²) >= 11 is 0. The van der Waals surface area contributed by atoms with Gasteiger partial charge in [-0.2, -0.15) is 0 Å². The van der Waals surface area contributed by atoms with Gasteiger partial charge < -0.3 is 29.5 Å². The molecule has 2 saturated heterocycles. The van der Waals surface area contributed by atoms with Crippen molar-refractivity contribution in [2.75, 3.05) is 6.61 Å². The molecule has 0 aromatic carbocycles. The monoisotopic (exact) mass is 219 g/mol. The Balaban J connectivity index is 2.12. The van der Waals surface area contributed by atoms with Crippen molar-refractivity contribution in [2.24, 2.45) is 0 Å². The Morgan fingerprint density at radius 2 is 1.93 bits per heavy atom. The Labute approximate surface area is 87.4 Å². The van der Waals surface area contributed by atoms with E-state index < -0.39 is 36.5 Å². The van der Waals surface area contributed by atoms with Crippen LogP contribution in [0, 0.1) is 0 Å². The predicted octanol–water partition coefficient (Wildman–Crippen LogP) is -2.06. The van der Waals surface area contributed by atoms with Crippen LogP contribution >= 0.6 is 0 Å². The third kappa shape index (κ3) is 2.01. The minimum Gasteiger partial charge on any atom is -0.829 e. The molecule has 2 heterocycles. The molecule has 0 unspecified atom stereocenters. The van der Waals surface area contributed by atoms with E-state index in [4.69, 9.17) is 14.2 Å². The normalized spacial score (nSPS) is 49.8. The largest absolute Gasteiger partial charge is 0.829 e. The lowest BCUT2D eigenvalue weighted by molar-refractivity contribution is -0.541. The summed E-state index contributed by atoms with van der Waals surface area (Å²) in [5, 5.41) is 30.2. The quantitative estimate of drug-likeness (QED) is 0.487. The van der Waals surface area contributed by atoms with Crippen LogP contribution in [0.5, 0.6) is 0 Å². The fourth-order valence-corrected chi connectivity index (χ4v) is 1.83. The molecule has 0 aromatic heterocycles. The third-order valence-corrected chi connectivity index (χ3v) is 2.66. The van der Waals surface area contributed by atoms with Gasteiger partial charge >= 0.3 is 0 Å². The number of rotatable bonds is 0. The lowest BCUT2D eigenvalue weighted by Crippen LogP contribution is -2.66. The van der Waals surface area contributed by atoms with Crippen molar-refractivity contribution in [1.82, 2.24) is 0 Å². The van der Waals surface area contributed by atoms with Gasteiger partial charge in [0.25, 0.3) is 0 Å². The molecule has 0 spiro atoms. The molecule has 0 amide bonds. The SMILES string of the molecule is CC1(C)OC[C@H]2O[C@H]([O-])[C@H](O)[C@@H](O)[C@@H]2O1. The van der Waals surface area contributed by atoms with Gasteiger partial charge in [-0.05, 0) is 13.8 Å². The van der Waals surface area contributed by atoms with Gasteiger partial charge in [-0.3, -0.25) is 0 Å². The zero-order valence-corrected chi connectivity index (χ0v) is 8.62. The second-order valence-corrected chi connectivity index (χ2v) is 4.32. The molecule has 15 heavy (non-hydrogen) atoms. The summed E-state index contributed by atoms with van der Waals surface area (Å²) < 4.78 is 15.7. The summed E-state index contributed by atoms with van der Waals surface area (Å²) in [6.45, 7) is 3.58. The van der Waals surface area contributed by atoms with E-state index >= 15 is 0 Å². The van der Waals surface area contributed by atoms with Crippen LogP contribution in [0.2, 0.25) is 0 Å². The molecule has 2 N–H and O–H groups in total. The number of hydrogen-bond acceptors (Lipinski definition) is 6. The second kappa shape index (κ2) is 3.65. The maximum absolute atomic E-state index is 11.2. The molecule has 2 aliphatic heterocycles. The van der Waals surface area contributed by atoms with E-state index in [1.165, 1.54) is 0 Å². The minimum absolute atomic E-state index is 0.181. The van der Waals surface area contributed by atoms with Gasteiger partial charge in [0.05, 0.1) is 12.7 Å². The van der Waals surface area contributed by atoms with Gasteiger partial charge in [-0.1, -0.05) is 0 Å². The maximum Gasteiger partial charge on any atom is 0.163 e. The molecule has 0 aromatic rings. The van der Waals surface area contributed by atoms with Crippen LogP contribution < -0.4 is 5.11 Å². The Hall–Kier alpha value is -0.240. The zero-order valence-electron chi connectivity index (χ0n) is 8.62. The van der Waals surface area contributed by atoms with Gasteiger partial charge in [-0.15, -0.1) is 0 Å². The molecular weight excluding hydrogens is 204 g/mol. The van der Waals surface area contributed by atoms with Crippen LogP contribution in [0.3, 0.4) is 0 Å². The molecule has 5 atom stereocenters. The number of aliphatic hydroxyl groups excluding tert-OH is 2. The smallest absolute Gasteiger partial charge is 0.163 e. The number of hydrogen-bond donors (Lipinski definition) is 2. The van der Waals surface area contributed by atoms with Crippen molar-refractivity contribution in [3.05, 3.63) is 0 Å². The molecule has 2 rings (SSSR count). The Morgan fingerprint density at radius 3 is 2.60 bits per heavy atom. The summed E-state index contributed by atoms with van der Waals surface area (Å²) in [5.74, 6) is -0.832. The number of fused-ring (bicyclic) bond motifs is 1. The third-order valence-electron chi connectivity index (χ3n) is 2.66. The summed E-state index contributed by atoms with van der Waals surface area (Å²) in [6, 6.07) is 0. The molecule has 6 heteroatoms. The standard InChI is InChI=1S/C9H15O6/c1-9(2)13-3-4-7(15-9)5(10)6(11)8(12)14-4/h4-8,10-11H,3H2,1-2H3/q-1/t4-,5-,6-,7-,8+/m1/s1. The molecule has 2 fully saturated rings. The molecule has 0 saturated carbocycles. The predicted molar refractivity (Wildman–Crippen MR) is 45.6 cm³/mol. The van der Waals surface area contributed by atoms with Crippen molar-refractivity contribution >= 4 is 0 Å². The van der Waals surface area contributed by atoms with E-state index in [1.807, 2.05) is 0 Å². The van der Waals surface area contributed by atoms with Gasteiger partial charge in [0.2, 0.25) is 0 Å². The van der Waals surface area contributed by atoms with Gasteiger partial charge in [-0.25, -0.2) is 0 Å². The summed E-state index contributed by atoms with van der Waals surface area (Å²) in [4.78, 5) is 0. The number of aliphatic hydroxyl groups is 2. The van der Waals surface area contributed by atoms with E-state index in [9.17, 15) is 15.3 Å². The molecular formula is C9H15O6-. The average molecular weight is 219 g/mol. The highest BCUT2D eigenvalue weighted by atomic mass is 16.7. The van der Waals surface area contributed by atoms with E-state index in [0.29, 0.717) is 0 Å². The van der Waals surface area contributed by atoms with Gasteiger partial charge in [0, 0.05) is 6.29 Å². The van der Waals surface area contributed by atoms with Crippen LogP contribution in [0.1, 0.15) is 13.8 Å².